The Morgan fingerprint density at radius 3 is 3.10 bits per heavy atom. The molecule has 1 aliphatic rings. The minimum atomic E-state index is -0.379. The molecule has 2 atom stereocenters. The summed E-state index contributed by atoms with van der Waals surface area (Å²) in [5, 5.41) is 8.89. The zero-order chi connectivity index (χ0) is 14.1. The van der Waals surface area contributed by atoms with Gasteiger partial charge in [-0.2, -0.15) is 14.8 Å². The Labute approximate surface area is 115 Å². The highest BCUT2D eigenvalue weighted by Gasteiger charge is 2.24. The third-order valence-electron chi connectivity index (χ3n) is 3.79. The monoisotopic (exact) mass is 273 g/mol. The standard InChI is InChI=1S/C13H15N5O2/c1-9-3-5-20-11(9)2-4-17-8-16-13-15-7-10(6-14)12(19)18(13)17/h7-9,11H,2-5H2,1H3. The first-order valence-electron chi connectivity index (χ1n) is 6.65. The van der Waals surface area contributed by atoms with Gasteiger partial charge in [0, 0.05) is 13.2 Å². The van der Waals surface area contributed by atoms with Gasteiger partial charge in [-0.15, -0.1) is 0 Å². The quantitative estimate of drug-likeness (QED) is 0.816. The van der Waals surface area contributed by atoms with E-state index in [0.717, 1.165) is 19.4 Å². The van der Waals surface area contributed by atoms with Crippen molar-refractivity contribution < 1.29 is 4.74 Å². The molecule has 3 rings (SSSR count). The first-order valence-corrected chi connectivity index (χ1v) is 6.65. The van der Waals surface area contributed by atoms with Gasteiger partial charge in [0.1, 0.15) is 18.0 Å². The van der Waals surface area contributed by atoms with E-state index in [4.69, 9.17) is 10.00 Å². The van der Waals surface area contributed by atoms with Gasteiger partial charge in [0.05, 0.1) is 12.3 Å². The van der Waals surface area contributed by atoms with Gasteiger partial charge >= 0.3 is 0 Å². The molecule has 2 aromatic heterocycles. The number of hydrogen-bond acceptors (Lipinski definition) is 5. The lowest BCUT2D eigenvalue weighted by Crippen LogP contribution is -2.25. The van der Waals surface area contributed by atoms with Crippen LogP contribution in [0.25, 0.3) is 5.78 Å². The minimum absolute atomic E-state index is 0.0229. The number of rotatable bonds is 3. The molecule has 3 heterocycles. The summed E-state index contributed by atoms with van der Waals surface area (Å²) in [6.07, 6.45) is 4.95. The normalized spacial score (nSPS) is 22.2. The maximum atomic E-state index is 12.1. The number of hydrogen-bond donors (Lipinski definition) is 0. The predicted molar refractivity (Wildman–Crippen MR) is 70.1 cm³/mol. The number of ether oxygens (including phenoxy) is 1. The van der Waals surface area contributed by atoms with E-state index in [2.05, 4.69) is 16.9 Å². The summed E-state index contributed by atoms with van der Waals surface area (Å²) in [6, 6.07) is 1.85. The van der Waals surface area contributed by atoms with Crippen molar-refractivity contribution in [2.45, 2.75) is 32.4 Å². The second-order valence-electron chi connectivity index (χ2n) is 5.07. The van der Waals surface area contributed by atoms with Crippen LogP contribution in [0.3, 0.4) is 0 Å². The van der Waals surface area contributed by atoms with E-state index in [9.17, 15) is 4.79 Å². The maximum absolute atomic E-state index is 12.1. The van der Waals surface area contributed by atoms with Gasteiger partial charge in [0.15, 0.2) is 0 Å². The fraction of sp³-hybridized carbons (Fsp3) is 0.538. The lowest BCUT2D eigenvalue weighted by Gasteiger charge is -2.14. The third-order valence-corrected chi connectivity index (χ3v) is 3.79. The van der Waals surface area contributed by atoms with Gasteiger partial charge in [-0.05, 0) is 18.8 Å². The SMILES string of the molecule is CC1CCOC1CCn1cnc2ncc(C#N)c(=O)n21. The molecule has 1 fully saturated rings. The predicted octanol–water partition coefficient (Wildman–Crippen LogP) is 0.578. The third kappa shape index (κ3) is 2.08. The molecule has 0 N–H and O–H groups in total. The Bertz CT molecular complexity index is 726. The van der Waals surface area contributed by atoms with Crippen LogP contribution in [0, 0.1) is 17.2 Å². The van der Waals surface area contributed by atoms with Crippen LogP contribution in [-0.4, -0.2) is 31.9 Å². The molecule has 1 saturated heterocycles. The fourth-order valence-electron chi connectivity index (χ4n) is 2.54. The summed E-state index contributed by atoms with van der Waals surface area (Å²) in [5.74, 6) is 0.851. The number of nitriles is 1. The molecular formula is C13H15N5O2. The topological polar surface area (TPSA) is 85.2 Å². The summed E-state index contributed by atoms with van der Waals surface area (Å²) in [4.78, 5) is 20.2. The van der Waals surface area contributed by atoms with Crippen molar-refractivity contribution in [3.8, 4) is 6.07 Å². The van der Waals surface area contributed by atoms with Crippen molar-refractivity contribution >= 4 is 5.78 Å². The van der Waals surface area contributed by atoms with Crippen molar-refractivity contribution in [3.05, 3.63) is 28.4 Å². The molecule has 7 nitrogen and oxygen atoms in total. The van der Waals surface area contributed by atoms with E-state index >= 15 is 0 Å². The highest BCUT2D eigenvalue weighted by Crippen LogP contribution is 2.22. The van der Waals surface area contributed by atoms with Crippen LogP contribution in [0.2, 0.25) is 0 Å². The molecule has 20 heavy (non-hydrogen) atoms. The molecule has 0 amide bonds. The van der Waals surface area contributed by atoms with Crippen LogP contribution in [0.15, 0.2) is 17.3 Å². The first kappa shape index (κ1) is 12.8. The van der Waals surface area contributed by atoms with Crippen molar-refractivity contribution in [2.24, 2.45) is 5.92 Å². The average Bonchev–Trinajstić information content (AvgIpc) is 3.04. The molecule has 0 spiro atoms. The second-order valence-corrected chi connectivity index (χ2v) is 5.07. The van der Waals surface area contributed by atoms with Crippen LogP contribution < -0.4 is 5.56 Å². The van der Waals surface area contributed by atoms with Gasteiger partial charge in [-0.3, -0.25) is 9.48 Å². The molecule has 104 valence electrons. The van der Waals surface area contributed by atoms with Crippen LogP contribution in [0.5, 0.6) is 0 Å². The Hall–Kier alpha value is -2.20. The molecular weight excluding hydrogens is 258 g/mol. The summed E-state index contributed by atoms with van der Waals surface area (Å²) in [5.41, 5.74) is -0.356. The van der Waals surface area contributed by atoms with Crippen LogP contribution in [0.1, 0.15) is 25.3 Å². The maximum Gasteiger partial charge on any atom is 0.292 e. The molecule has 0 aromatic carbocycles. The Morgan fingerprint density at radius 1 is 1.55 bits per heavy atom. The van der Waals surface area contributed by atoms with E-state index < -0.39 is 0 Å². The van der Waals surface area contributed by atoms with Crippen molar-refractivity contribution in [1.82, 2.24) is 19.2 Å². The van der Waals surface area contributed by atoms with E-state index in [-0.39, 0.29) is 17.2 Å². The average molecular weight is 273 g/mol. The number of fused-ring (bicyclic) bond motifs is 1. The molecule has 2 aromatic rings. The Kier molecular flexibility index (Phi) is 3.24. The highest BCUT2D eigenvalue weighted by atomic mass is 16.5. The summed E-state index contributed by atoms with van der Waals surface area (Å²) < 4.78 is 8.70. The van der Waals surface area contributed by atoms with Crippen molar-refractivity contribution in [1.29, 1.82) is 5.26 Å². The van der Waals surface area contributed by atoms with E-state index in [0.29, 0.717) is 18.2 Å². The molecule has 2 unspecified atom stereocenters. The van der Waals surface area contributed by atoms with Gasteiger partial charge in [-0.25, -0.2) is 4.98 Å². The molecule has 0 aliphatic carbocycles. The summed E-state index contributed by atoms with van der Waals surface area (Å²) in [6.45, 7) is 3.59. The van der Waals surface area contributed by atoms with Crippen LogP contribution >= 0.6 is 0 Å². The Balaban J connectivity index is 1.88. The molecule has 0 saturated carbocycles. The first-order chi connectivity index (χ1) is 9.70. The second kappa shape index (κ2) is 5.06. The minimum Gasteiger partial charge on any atom is -0.378 e. The van der Waals surface area contributed by atoms with Gasteiger partial charge in [0.2, 0.25) is 0 Å². The van der Waals surface area contributed by atoms with E-state index in [1.54, 1.807) is 11.0 Å². The van der Waals surface area contributed by atoms with Gasteiger partial charge in [0.25, 0.3) is 11.3 Å². The van der Waals surface area contributed by atoms with Gasteiger partial charge in [-0.1, -0.05) is 6.92 Å². The van der Waals surface area contributed by atoms with E-state index in [1.165, 1.54) is 10.7 Å². The lowest BCUT2D eigenvalue weighted by molar-refractivity contribution is 0.0820. The molecule has 0 radical (unpaired) electrons. The fourth-order valence-corrected chi connectivity index (χ4v) is 2.54. The molecule has 7 heteroatoms. The lowest BCUT2D eigenvalue weighted by atomic mass is 10.0. The Morgan fingerprint density at radius 2 is 2.40 bits per heavy atom. The number of aromatic nitrogens is 4. The van der Waals surface area contributed by atoms with Crippen molar-refractivity contribution in [3.63, 3.8) is 0 Å². The van der Waals surface area contributed by atoms with E-state index in [1.807, 2.05) is 6.07 Å². The van der Waals surface area contributed by atoms with Gasteiger partial charge < -0.3 is 4.74 Å². The van der Waals surface area contributed by atoms with Crippen LogP contribution in [0.4, 0.5) is 0 Å². The number of nitrogens with zero attached hydrogens (tertiary/aromatic N) is 5. The zero-order valence-electron chi connectivity index (χ0n) is 11.2. The number of aryl methyl sites for hydroxylation is 1. The summed E-state index contributed by atoms with van der Waals surface area (Å²) >= 11 is 0. The smallest absolute Gasteiger partial charge is 0.292 e. The molecule has 0 bridgehead atoms. The van der Waals surface area contributed by atoms with Crippen LogP contribution in [-0.2, 0) is 11.3 Å². The van der Waals surface area contributed by atoms with Crippen molar-refractivity contribution in [2.75, 3.05) is 6.61 Å². The largest absolute Gasteiger partial charge is 0.378 e. The molecule has 1 aliphatic heterocycles. The zero-order valence-corrected chi connectivity index (χ0v) is 11.2. The highest BCUT2D eigenvalue weighted by molar-refractivity contribution is 5.31. The summed E-state index contributed by atoms with van der Waals surface area (Å²) in [7, 11) is 0.